The highest BCUT2D eigenvalue weighted by Crippen LogP contribution is 2.24. The van der Waals surface area contributed by atoms with Crippen LogP contribution in [0, 0.1) is 0 Å². The molecule has 1 fully saturated rings. The summed E-state index contributed by atoms with van der Waals surface area (Å²) in [6.45, 7) is 0.708. The molecule has 3 amide bonds. The van der Waals surface area contributed by atoms with E-state index in [0.717, 1.165) is 18.5 Å². The van der Waals surface area contributed by atoms with Crippen LogP contribution in [0.3, 0.4) is 0 Å². The summed E-state index contributed by atoms with van der Waals surface area (Å²) in [4.78, 5) is 43.2. The average Bonchev–Trinajstić information content (AvgIpc) is 2.81. The molecule has 0 aliphatic carbocycles. The topological polar surface area (TPSA) is 91.4 Å². The van der Waals surface area contributed by atoms with Crippen molar-refractivity contribution in [3.8, 4) is 0 Å². The molecule has 1 aliphatic rings. The van der Waals surface area contributed by atoms with Gasteiger partial charge < -0.3 is 15.5 Å². The van der Waals surface area contributed by atoms with Gasteiger partial charge in [0.2, 0.25) is 5.91 Å². The van der Waals surface area contributed by atoms with Crippen molar-refractivity contribution in [3.05, 3.63) is 83.1 Å². The molecule has 0 spiro atoms. The molecule has 0 bridgehead atoms. The normalized spacial score (nSPS) is 13.5. The van der Waals surface area contributed by atoms with Gasteiger partial charge in [-0.25, -0.2) is 4.98 Å². The molecule has 0 atom stereocenters. The van der Waals surface area contributed by atoms with Crippen LogP contribution < -0.4 is 15.5 Å². The summed E-state index contributed by atoms with van der Waals surface area (Å²) < 4.78 is 0. The second-order valence-electron chi connectivity index (χ2n) is 7.36. The fourth-order valence-corrected chi connectivity index (χ4v) is 3.60. The van der Waals surface area contributed by atoms with Gasteiger partial charge in [0.25, 0.3) is 11.8 Å². The smallest absolute Gasteiger partial charge is 0.274 e. The number of piperidine rings is 1. The first kappa shape index (κ1) is 21.5. The maximum Gasteiger partial charge on any atom is 0.274 e. The van der Waals surface area contributed by atoms with Crippen molar-refractivity contribution < 1.29 is 14.4 Å². The molecule has 162 valence electrons. The zero-order valence-electron chi connectivity index (χ0n) is 17.2. The maximum atomic E-state index is 12.9. The Bertz CT molecular complexity index is 1150. The first-order valence-corrected chi connectivity index (χ1v) is 10.6. The zero-order chi connectivity index (χ0) is 22.5. The second-order valence-corrected chi connectivity index (χ2v) is 7.80. The van der Waals surface area contributed by atoms with Crippen LogP contribution in [0.1, 0.15) is 40.1 Å². The Hall–Kier alpha value is -3.71. The highest BCUT2D eigenvalue weighted by atomic mass is 35.5. The van der Waals surface area contributed by atoms with E-state index in [1.165, 1.54) is 12.3 Å². The van der Waals surface area contributed by atoms with Crippen molar-refractivity contribution in [3.63, 3.8) is 0 Å². The fraction of sp³-hybridized carbons (Fsp3) is 0.167. The molecule has 32 heavy (non-hydrogen) atoms. The number of amides is 3. The Kier molecular flexibility index (Phi) is 6.47. The molecule has 4 rings (SSSR count). The van der Waals surface area contributed by atoms with Crippen LogP contribution in [-0.2, 0) is 4.79 Å². The molecule has 7 nitrogen and oxygen atoms in total. The first-order valence-electron chi connectivity index (χ1n) is 10.2. The van der Waals surface area contributed by atoms with Crippen LogP contribution in [0.4, 0.5) is 17.1 Å². The molecule has 0 radical (unpaired) electrons. The van der Waals surface area contributed by atoms with Gasteiger partial charge in [0.1, 0.15) is 5.69 Å². The van der Waals surface area contributed by atoms with Gasteiger partial charge in [0.15, 0.2) is 0 Å². The van der Waals surface area contributed by atoms with Crippen molar-refractivity contribution >= 4 is 46.4 Å². The molecule has 1 saturated heterocycles. The van der Waals surface area contributed by atoms with Crippen LogP contribution in [0.15, 0.2) is 66.9 Å². The van der Waals surface area contributed by atoms with Crippen molar-refractivity contribution in [2.75, 3.05) is 22.1 Å². The Balaban J connectivity index is 1.46. The molecule has 0 saturated carbocycles. The Morgan fingerprint density at radius 2 is 1.69 bits per heavy atom. The summed E-state index contributed by atoms with van der Waals surface area (Å²) in [5.41, 5.74) is 2.26. The van der Waals surface area contributed by atoms with Crippen LogP contribution in [0.25, 0.3) is 0 Å². The van der Waals surface area contributed by atoms with E-state index >= 15 is 0 Å². The van der Waals surface area contributed by atoms with E-state index < -0.39 is 5.91 Å². The van der Waals surface area contributed by atoms with Gasteiger partial charge in [-0.15, -0.1) is 0 Å². The largest absolute Gasteiger partial charge is 0.322 e. The summed E-state index contributed by atoms with van der Waals surface area (Å²) in [5.74, 6) is -0.697. The average molecular weight is 449 g/mol. The summed E-state index contributed by atoms with van der Waals surface area (Å²) in [6, 6.07) is 17.0. The number of rotatable bonds is 5. The third-order valence-corrected chi connectivity index (χ3v) is 5.36. The third kappa shape index (κ3) is 4.95. The van der Waals surface area contributed by atoms with E-state index in [9.17, 15) is 14.4 Å². The number of hydrogen-bond donors (Lipinski definition) is 2. The highest BCUT2D eigenvalue weighted by Gasteiger charge is 2.20. The zero-order valence-corrected chi connectivity index (χ0v) is 17.9. The van der Waals surface area contributed by atoms with Crippen LogP contribution in [0.2, 0.25) is 5.02 Å². The van der Waals surface area contributed by atoms with E-state index in [2.05, 4.69) is 15.6 Å². The molecule has 2 N–H and O–H groups in total. The lowest BCUT2D eigenvalue weighted by molar-refractivity contribution is -0.119. The van der Waals surface area contributed by atoms with E-state index in [-0.39, 0.29) is 17.5 Å². The second kappa shape index (κ2) is 9.62. The number of anilines is 3. The molecule has 1 aromatic heterocycles. The minimum absolute atomic E-state index is 0.118. The minimum Gasteiger partial charge on any atom is -0.322 e. The van der Waals surface area contributed by atoms with Crippen molar-refractivity contribution in [2.45, 2.75) is 19.3 Å². The molecule has 3 aromatic rings. The molecule has 0 unspecified atom stereocenters. The number of aromatic nitrogens is 1. The lowest BCUT2D eigenvalue weighted by atomic mass is 10.1. The maximum absolute atomic E-state index is 12.9. The Labute approximate surface area is 190 Å². The quantitative estimate of drug-likeness (QED) is 0.588. The highest BCUT2D eigenvalue weighted by molar-refractivity contribution is 6.30. The van der Waals surface area contributed by atoms with Gasteiger partial charge in [-0.2, -0.15) is 0 Å². The van der Waals surface area contributed by atoms with Gasteiger partial charge in [0, 0.05) is 30.5 Å². The summed E-state index contributed by atoms with van der Waals surface area (Å²) in [7, 11) is 0. The molecule has 2 aromatic carbocycles. The number of carbonyl (C=O) groups is 3. The summed E-state index contributed by atoms with van der Waals surface area (Å²) in [6.07, 6.45) is 3.86. The fourth-order valence-electron chi connectivity index (χ4n) is 3.49. The number of para-hydroxylation sites is 1. The lowest BCUT2D eigenvalue weighted by Gasteiger charge is -2.26. The van der Waals surface area contributed by atoms with Gasteiger partial charge in [-0.05, 0) is 61.4 Å². The molecule has 2 heterocycles. The predicted molar refractivity (Wildman–Crippen MR) is 124 cm³/mol. The number of hydrogen-bond acceptors (Lipinski definition) is 4. The van der Waals surface area contributed by atoms with Crippen LogP contribution in [-0.4, -0.2) is 29.3 Å². The third-order valence-electron chi connectivity index (χ3n) is 5.14. The number of pyridine rings is 1. The lowest BCUT2D eigenvalue weighted by Crippen LogP contribution is -2.35. The van der Waals surface area contributed by atoms with E-state index in [1.807, 2.05) is 12.1 Å². The SMILES string of the molecule is O=C(Nc1ccccc1C(=O)Nc1ccc(N2CCCCC2=O)cc1)c1ccc(Cl)cn1. The van der Waals surface area contributed by atoms with Gasteiger partial charge >= 0.3 is 0 Å². The Morgan fingerprint density at radius 1 is 0.906 bits per heavy atom. The minimum atomic E-state index is -0.447. The molecule has 1 aliphatic heterocycles. The van der Waals surface area contributed by atoms with Crippen LogP contribution >= 0.6 is 11.6 Å². The first-order chi connectivity index (χ1) is 15.5. The molecular weight excluding hydrogens is 428 g/mol. The van der Waals surface area contributed by atoms with Crippen molar-refractivity contribution in [2.24, 2.45) is 0 Å². The van der Waals surface area contributed by atoms with Crippen molar-refractivity contribution in [1.82, 2.24) is 4.98 Å². The monoisotopic (exact) mass is 448 g/mol. The van der Waals surface area contributed by atoms with E-state index in [1.54, 1.807) is 47.4 Å². The van der Waals surface area contributed by atoms with E-state index in [4.69, 9.17) is 11.6 Å². The van der Waals surface area contributed by atoms with Gasteiger partial charge in [-0.1, -0.05) is 23.7 Å². The standard InChI is InChI=1S/C24H21ClN4O3/c25-16-8-13-21(26-15-16)24(32)28-20-6-2-1-5-19(20)23(31)27-17-9-11-18(12-10-17)29-14-4-3-7-22(29)30/h1-2,5-6,8-13,15H,3-4,7,14H2,(H,27,31)(H,28,32). The number of nitrogens with zero attached hydrogens (tertiary/aromatic N) is 2. The number of carbonyl (C=O) groups excluding carboxylic acids is 3. The summed E-state index contributed by atoms with van der Waals surface area (Å²) in [5, 5.41) is 5.98. The van der Waals surface area contributed by atoms with Crippen LogP contribution in [0.5, 0.6) is 0 Å². The molecular formula is C24H21ClN4O3. The molecule has 8 heteroatoms. The van der Waals surface area contributed by atoms with Crippen molar-refractivity contribution in [1.29, 1.82) is 0 Å². The number of halogens is 1. The Morgan fingerprint density at radius 3 is 2.41 bits per heavy atom. The summed E-state index contributed by atoms with van der Waals surface area (Å²) >= 11 is 5.81. The van der Waals surface area contributed by atoms with Gasteiger partial charge in [0.05, 0.1) is 16.3 Å². The predicted octanol–water partition coefficient (Wildman–Crippen LogP) is 4.76. The van der Waals surface area contributed by atoms with Gasteiger partial charge in [-0.3, -0.25) is 14.4 Å². The number of benzene rings is 2. The van der Waals surface area contributed by atoms with E-state index in [0.29, 0.717) is 34.9 Å². The number of nitrogens with one attached hydrogen (secondary N) is 2.